The van der Waals surface area contributed by atoms with Crippen LogP contribution >= 0.6 is 23.4 Å². The lowest BCUT2D eigenvalue weighted by atomic mass is 10.3. The number of halogens is 2. The number of hydrogen-bond acceptors (Lipinski definition) is 4. The summed E-state index contributed by atoms with van der Waals surface area (Å²) in [7, 11) is 0. The Kier molecular flexibility index (Phi) is 3.92. The summed E-state index contributed by atoms with van der Waals surface area (Å²) in [5.74, 6) is -0.491. The molecule has 4 nitrogen and oxygen atoms in total. The average molecular weight is 299 g/mol. The van der Waals surface area contributed by atoms with Gasteiger partial charge in [0, 0.05) is 15.9 Å². The molecule has 0 atom stereocenters. The largest absolute Gasteiger partial charge is 0.393 e. The van der Waals surface area contributed by atoms with Crippen molar-refractivity contribution in [3.05, 3.63) is 57.4 Å². The Bertz CT molecular complexity index is 652. The summed E-state index contributed by atoms with van der Waals surface area (Å²) in [6.45, 7) is 0. The van der Waals surface area contributed by atoms with Crippen molar-refractivity contribution in [2.45, 2.75) is 9.79 Å². The van der Waals surface area contributed by atoms with Gasteiger partial charge in [-0.05, 0) is 30.3 Å². The molecule has 0 aliphatic carbocycles. The number of benzene rings is 2. The van der Waals surface area contributed by atoms with Crippen molar-refractivity contribution in [1.29, 1.82) is 0 Å². The molecule has 2 aromatic rings. The van der Waals surface area contributed by atoms with Gasteiger partial charge in [-0.25, -0.2) is 4.39 Å². The molecule has 0 bridgehead atoms. The van der Waals surface area contributed by atoms with Crippen molar-refractivity contribution in [3.63, 3.8) is 0 Å². The first-order valence-corrected chi connectivity index (χ1v) is 6.33. The number of anilines is 1. The second-order valence-corrected chi connectivity index (χ2v) is 5.21. The van der Waals surface area contributed by atoms with Gasteiger partial charge in [-0.3, -0.25) is 10.1 Å². The fourth-order valence-corrected chi connectivity index (χ4v) is 2.59. The van der Waals surface area contributed by atoms with E-state index in [1.165, 1.54) is 36.0 Å². The van der Waals surface area contributed by atoms with Crippen molar-refractivity contribution in [3.8, 4) is 0 Å². The summed E-state index contributed by atoms with van der Waals surface area (Å²) >= 11 is 6.97. The van der Waals surface area contributed by atoms with E-state index < -0.39 is 10.7 Å². The van der Waals surface area contributed by atoms with Gasteiger partial charge in [0.1, 0.15) is 11.5 Å². The maximum Gasteiger partial charge on any atom is 0.292 e. The maximum atomic E-state index is 13.0. The van der Waals surface area contributed by atoms with E-state index in [2.05, 4.69) is 0 Å². The number of nitrogens with two attached hydrogens (primary N) is 1. The Balaban J connectivity index is 2.26. The summed E-state index contributed by atoms with van der Waals surface area (Å²) in [6, 6.07) is 8.74. The highest BCUT2D eigenvalue weighted by Gasteiger charge is 2.12. The van der Waals surface area contributed by atoms with Gasteiger partial charge >= 0.3 is 0 Å². The van der Waals surface area contributed by atoms with Crippen molar-refractivity contribution in [2.75, 3.05) is 5.73 Å². The van der Waals surface area contributed by atoms with Crippen LogP contribution in [0.5, 0.6) is 0 Å². The van der Waals surface area contributed by atoms with Gasteiger partial charge in [0.25, 0.3) is 5.69 Å². The third-order valence-corrected chi connectivity index (χ3v) is 3.59. The molecule has 19 heavy (non-hydrogen) atoms. The number of nitrogens with zero attached hydrogens (tertiary/aromatic N) is 1. The van der Waals surface area contributed by atoms with Crippen LogP contribution in [0.4, 0.5) is 15.8 Å². The Labute approximate surface area is 117 Å². The molecule has 0 amide bonds. The van der Waals surface area contributed by atoms with Crippen molar-refractivity contribution >= 4 is 34.7 Å². The molecular weight excluding hydrogens is 291 g/mol. The van der Waals surface area contributed by atoms with Gasteiger partial charge in [0.15, 0.2) is 0 Å². The van der Waals surface area contributed by atoms with Crippen molar-refractivity contribution in [2.24, 2.45) is 0 Å². The quantitative estimate of drug-likeness (QED) is 0.526. The smallest absolute Gasteiger partial charge is 0.292 e. The number of nitro groups is 1. The topological polar surface area (TPSA) is 69.2 Å². The molecule has 0 aromatic heterocycles. The molecule has 7 heteroatoms. The first kappa shape index (κ1) is 13.6. The molecule has 0 unspecified atom stereocenters. The molecule has 0 saturated heterocycles. The lowest BCUT2D eigenvalue weighted by Gasteiger charge is -2.04. The molecule has 0 radical (unpaired) electrons. The monoisotopic (exact) mass is 298 g/mol. The van der Waals surface area contributed by atoms with Crippen LogP contribution in [0.1, 0.15) is 0 Å². The third kappa shape index (κ3) is 3.15. The Morgan fingerprint density at radius 1 is 1.21 bits per heavy atom. The number of nitrogen functional groups attached to an aromatic ring is 1. The van der Waals surface area contributed by atoms with E-state index in [-0.39, 0.29) is 16.4 Å². The van der Waals surface area contributed by atoms with Crippen molar-refractivity contribution < 1.29 is 9.31 Å². The third-order valence-electron chi connectivity index (χ3n) is 2.32. The molecule has 0 saturated carbocycles. The van der Waals surface area contributed by atoms with E-state index in [9.17, 15) is 14.5 Å². The summed E-state index contributed by atoms with van der Waals surface area (Å²) in [5, 5.41) is 10.7. The molecule has 98 valence electrons. The van der Waals surface area contributed by atoms with Crippen LogP contribution in [0.25, 0.3) is 0 Å². The highest BCUT2D eigenvalue weighted by Crippen LogP contribution is 2.33. The Hall–Kier alpha value is -1.79. The Morgan fingerprint density at radius 3 is 2.42 bits per heavy atom. The van der Waals surface area contributed by atoms with Crippen LogP contribution in [-0.4, -0.2) is 4.92 Å². The number of nitro benzene ring substituents is 1. The van der Waals surface area contributed by atoms with Gasteiger partial charge < -0.3 is 5.73 Å². The van der Waals surface area contributed by atoms with E-state index in [1.807, 2.05) is 0 Å². The SMILES string of the molecule is Nc1cc(Sc2ccc(F)c(Cl)c2)ccc1[N+](=O)[O-]. The van der Waals surface area contributed by atoms with Gasteiger partial charge in [0.05, 0.1) is 9.95 Å². The van der Waals surface area contributed by atoms with Crippen LogP contribution in [0.15, 0.2) is 46.2 Å². The predicted octanol–water partition coefficient (Wildman–Crippen LogP) is 4.12. The van der Waals surface area contributed by atoms with Crippen molar-refractivity contribution in [1.82, 2.24) is 0 Å². The zero-order valence-electron chi connectivity index (χ0n) is 9.47. The maximum absolute atomic E-state index is 13.0. The van der Waals surface area contributed by atoms with Gasteiger partial charge in [0.2, 0.25) is 0 Å². The molecule has 0 aliphatic heterocycles. The first-order chi connectivity index (χ1) is 8.97. The Morgan fingerprint density at radius 2 is 1.84 bits per heavy atom. The standard InChI is InChI=1S/C12H8ClFN2O2S/c13-9-5-7(1-3-10(9)14)19-8-2-4-12(16(17)18)11(15)6-8/h1-6H,15H2. The van der Waals surface area contributed by atoms with E-state index in [1.54, 1.807) is 12.1 Å². The summed E-state index contributed by atoms with van der Waals surface area (Å²) in [5.41, 5.74) is 5.54. The molecule has 0 fully saturated rings. The fourth-order valence-electron chi connectivity index (χ4n) is 1.44. The molecule has 0 spiro atoms. The van der Waals surface area contributed by atoms with Crippen LogP contribution < -0.4 is 5.73 Å². The lowest BCUT2D eigenvalue weighted by molar-refractivity contribution is -0.383. The minimum Gasteiger partial charge on any atom is -0.393 e. The number of rotatable bonds is 3. The van der Waals surface area contributed by atoms with E-state index >= 15 is 0 Å². The molecular formula is C12H8ClFN2O2S. The van der Waals surface area contributed by atoms with Gasteiger partial charge in [-0.2, -0.15) is 0 Å². The van der Waals surface area contributed by atoms with Crippen LogP contribution in [0, 0.1) is 15.9 Å². The van der Waals surface area contributed by atoms with Gasteiger partial charge in [-0.1, -0.05) is 23.4 Å². The van der Waals surface area contributed by atoms with E-state index in [0.717, 1.165) is 4.90 Å². The van der Waals surface area contributed by atoms with Gasteiger partial charge in [-0.15, -0.1) is 0 Å². The minimum atomic E-state index is -0.543. The molecule has 2 N–H and O–H groups in total. The molecule has 2 rings (SSSR count). The molecule has 2 aromatic carbocycles. The second kappa shape index (κ2) is 5.46. The summed E-state index contributed by atoms with van der Waals surface area (Å²) in [6.07, 6.45) is 0. The zero-order valence-corrected chi connectivity index (χ0v) is 11.0. The van der Waals surface area contributed by atoms with Crippen LogP contribution in [0.3, 0.4) is 0 Å². The van der Waals surface area contributed by atoms with E-state index in [4.69, 9.17) is 17.3 Å². The zero-order chi connectivity index (χ0) is 14.0. The number of hydrogen-bond donors (Lipinski definition) is 1. The average Bonchev–Trinajstić information content (AvgIpc) is 2.33. The summed E-state index contributed by atoms with van der Waals surface area (Å²) < 4.78 is 13.0. The predicted molar refractivity (Wildman–Crippen MR) is 73.0 cm³/mol. The second-order valence-electron chi connectivity index (χ2n) is 3.66. The molecule has 0 heterocycles. The van der Waals surface area contributed by atoms with E-state index in [0.29, 0.717) is 4.90 Å². The summed E-state index contributed by atoms with van der Waals surface area (Å²) in [4.78, 5) is 11.5. The highest BCUT2D eigenvalue weighted by molar-refractivity contribution is 7.99. The fraction of sp³-hybridized carbons (Fsp3) is 0. The minimum absolute atomic E-state index is 0.0277. The first-order valence-electron chi connectivity index (χ1n) is 5.14. The lowest BCUT2D eigenvalue weighted by Crippen LogP contribution is -1.95. The highest BCUT2D eigenvalue weighted by atomic mass is 35.5. The van der Waals surface area contributed by atoms with Crippen LogP contribution in [-0.2, 0) is 0 Å². The van der Waals surface area contributed by atoms with Crippen LogP contribution in [0.2, 0.25) is 5.02 Å². The molecule has 0 aliphatic rings. The normalized spacial score (nSPS) is 10.4.